The second kappa shape index (κ2) is 8.43. The molecule has 5 atom stereocenters. The van der Waals surface area contributed by atoms with E-state index in [0.29, 0.717) is 5.69 Å². The van der Waals surface area contributed by atoms with Gasteiger partial charge in [-0.2, -0.15) is 0 Å². The van der Waals surface area contributed by atoms with E-state index in [4.69, 9.17) is 18.9 Å². The van der Waals surface area contributed by atoms with Crippen molar-refractivity contribution in [1.29, 1.82) is 0 Å². The number of halogens is 1. The molecule has 2 bridgehead atoms. The van der Waals surface area contributed by atoms with Gasteiger partial charge in [0, 0.05) is 31.7 Å². The molecule has 30 heavy (non-hydrogen) atoms. The van der Waals surface area contributed by atoms with Crippen LogP contribution in [0.15, 0.2) is 36.5 Å². The van der Waals surface area contributed by atoms with Crippen LogP contribution in [-0.4, -0.2) is 49.6 Å². The third kappa shape index (κ3) is 4.02. The molecule has 0 unspecified atom stereocenters. The smallest absolute Gasteiger partial charge is 0.314 e. The van der Waals surface area contributed by atoms with Crippen LogP contribution in [0.3, 0.4) is 0 Å². The zero-order chi connectivity index (χ0) is 22.1. The number of nitrogens with zero attached hydrogens (tertiary/aromatic N) is 1. The molecule has 0 saturated carbocycles. The van der Waals surface area contributed by atoms with E-state index >= 15 is 0 Å². The Balaban J connectivity index is 2.07. The topological polar surface area (TPSA) is 91.4 Å². The van der Waals surface area contributed by atoms with Crippen molar-refractivity contribution in [2.24, 2.45) is 11.8 Å². The van der Waals surface area contributed by atoms with Gasteiger partial charge in [0.2, 0.25) is 0 Å². The Morgan fingerprint density at radius 2 is 1.83 bits per heavy atom. The molecule has 0 aromatic heterocycles. The van der Waals surface area contributed by atoms with Gasteiger partial charge in [-0.1, -0.05) is 6.08 Å². The fourth-order valence-electron chi connectivity index (χ4n) is 4.12. The molecular formula is C21H24FNO7. The number of ether oxygens (including phenoxy) is 4. The van der Waals surface area contributed by atoms with Crippen LogP contribution in [0.5, 0.6) is 0 Å². The zero-order valence-electron chi connectivity index (χ0n) is 17.2. The molecular weight excluding hydrogens is 397 g/mol. The summed E-state index contributed by atoms with van der Waals surface area (Å²) in [4.78, 5) is 37.5. The molecule has 1 saturated heterocycles. The molecule has 0 radical (unpaired) electrons. The number of fused-ring (bicyclic) bond motifs is 2. The second-order valence-corrected chi connectivity index (χ2v) is 7.35. The molecule has 1 aromatic rings. The number of carbonyl (C=O) groups excluding carboxylic acids is 3. The van der Waals surface area contributed by atoms with Crippen molar-refractivity contribution >= 4 is 23.6 Å². The lowest BCUT2D eigenvalue weighted by molar-refractivity contribution is -0.240. The van der Waals surface area contributed by atoms with Crippen molar-refractivity contribution in [1.82, 2.24) is 0 Å². The molecule has 162 valence electrons. The highest BCUT2D eigenvalue weighted by Gasteiger charge is 2.60. The highest BCUT2D eigenvalue weighted by Crippen LogP contribution is 2.48. The Labute approximate surface area is 173 Å². The molecule has 1 aromatic carbocycles. The Kier molecular flexibility index (Phi) is 6.12. The van der Waals surface area contributed by atoms with Crippen LogP contribution in [0.4, 0.5) is 10.1 Å². The predicted octanol–water partition coefficient (Wildman–Crippen LogP) is 2.17. The van der Waals surface area contributed by atoms with Crippen molar-refractivity contribution in [2.45, 2.75) is 38.7 Å². The van der Waals surface area contributed by atoms with Gasteiger partial charge in [0.1, 0.15) is 30.5 Å². The highest BCUT2D eigenvalue weighted by molar-refractivity contribution is 5.77. The fourth-order valence-corrected chi connectivity index (χ4v) is 4.12. The number of benzene rings is 1. The van der Waals surface area contributed by atoms with Gasteiger partial charge in [0.15, 0.2) is 5.72 Å². The van der Waals surface area contributed by atoms with Crippen molar-refractivity contribution in [3.8, 4) is 0 Å². The number of hydrogen-bond acceptors (Lipinski definition) is 8. The van der Waals surface area contributed by atoms with Gasteiger partial charge >= 0.3 is 17.9 Å². The van der Waals surface area contributed by atoms with Gasteiger partial charge in [-0.25, -0.2) is 4.39 Å². The number of methoxy groups -OCH3 is 1. The van der Waals surface area contributed by atoms with Crippen LogP contribution in [0.2, 0.25) is 0 Å². The number of esters is 3. The van der Waals surface area contributed by atoms with E-state index in [1.165, 1.54) is 33.1 Å². The average molecular weight is 421 g/mol. The van der Waals surface area contributed by atoms with Crippen molar-refractivity contribution in [3.63, 3.8) is 0 Å². The van der Waals surface area contributed by atoms with Crippen molar-refractivity contribution < 1.29 is 37.7 Å². The van der Waals surface area contributed by atoms with Crippen LogP contribution in [0, 0.1) is 17.7 Å². The first-order valence-electron chi connectivity index (χ1n) is 9.47. The molecule has 8 nitrogen and oxygen atoms in total. The van der Waals surface area contributed by atoms with Crippen LogP contribution in [0.1, 0.15) is 20.8 Å². The molecule has 0 amide bonds. The van der Waals surface area contributed by atoms with E-state index in [9.17, 15) is 18.8 Å². The summed E-state index contributed by atoms with van der Waals surface area (Å²) in [6, 6.07) is 5.71. The monoisotopic (exact) mass is 421 g/mol. The molecule has 0 aliphatic carbocycles. The summed E-state index contributed by atoms with van der Waals surface area (Å²) >= 11 is 0. The Bertz CT molecular complexity index is 855. The lowest BCUT2D eigenvalue weighted by Gasteiger charge is -2.56. The Morgan fingerprint density at radius 3 is 2.40 bits per heavy atom. The summed E-state index contributed by atoms with van der Waals surface area (Å²) in [6.45, 7) is 4.03. The summed E-state index contributed by atoms with van der Waals surface area (Å²) in [5.41, 5.74) is -0.689. The van der Waals surface area contributed by atoms with Crippen LogP contribution in [-0.2, 0) is 33.3 Å². The minimum atomic E-state index is -1.27. The van der Waals surface area contributed by atoms with Gasteiger partial charge in [-0.05, 0) is 31.2 Å². The van der Waals surface area contributed by atoms with Crippen molar-refractivity contribution in [3.05, 3.63) is 42.4 Å². The zero-order valence-corrected chi connectivity index (χ0v) is 17.2. The molecule has 0 N–H and O–H groups in total. The molecule has 1 fully saturated rings. The Hall–Kier alpha value is -2.94. The minimum absolute atomic E-state index is 0.168. The molecule has 2 heterocycles. The third-order valence-corrected chi connectivity index (χ3v) is 5.35. The third-order valence-electron chi connectivity index (χ3n) is 5.35. The van der Waals surface area contributed by atoms with E-state index in [1.54, 1.807) is 36.2 Å². The van der Waals surface area contributed by atoms with Crippen LogP contribution in [0.25, 0.3) is 0 Å². The number of anilines is 1. The highest BCUT2D eigenvalue weighted by atomic mass is 19.1. The van der Waals surface area contributed by atoms with Crippen LogP contribution < -0.4 is 4.90 Å². The van der Waals surface area contributed by atoms with Crippen molar-refractivity contribution in [2.75, 3.05) is 18.6 Å². The summed E-state index contributed by atoms with van der Waals surface area (Å²) in [6.07, 6.45) is 1.73. The molecule has 3 rings (SSSR count). The fraction of sp³-hybridized carbons (Fsp3) is 0.476. The maximum atomic E-state index is 13.4. The van der Waals surface area contributed by atoms with Gasteiger partial charge in [-0.3, -0.25) is 14.4 Å². The summed E-state index contributed by atoms with van der Waals surface area (Å²) in [5, 5.41) is 0. The normalized spacial score (nSPS) is 29.8. The number of hydrogen-bond donors (Lipinski definition) is 0. The van der Waals surface area contributed by atoms with Gasteiger partial charge < -0.3 is 23.8 Å². The lowest BCUT2D eigenvalue weighted by atomic mass is 9.73. The Morgan fingerprint density at radius 1 is 1.17 bits per heavy atom. The summed E-state index contributed by atoms with van der Waals surface area (Å²) < 4.78 is 35.3. The van der Waals surface area contributed by atoms with Gasteiger partial charge in [0.25, 0.3) is 0 Å². The standard InChI is InChI=1S/C21H24FNO7/c1-12(24)28-11-17-19(29-13(2)25)16-9-10-23(15-7-5-14(22)6-8-15)21(3,30-17)18(16)20(26)27-4/h5-10,16-19H,11H2,1-4H3/t16-,17-,18+,19+,21-/m1/s1. The minimum Gasteiger partial charge on any atom is -0.469 e. The second-order valence-electron chi connectivity index (χ2n) is 7.35. The molecule has 9 heteroatoms. The van der Waals surface area contributed by atoms with E-state index in [2.05, 4.69) is 0 Å². The molecule has 2 aliphatic rings. The number of rotatable bonds is 5. The first kappa shape index (κ1) is 21.8. The first-order chi connectivity index (χ1) is 14.2. The first-order valence-corrected chi connectivity index (χ1v) is 9.47. The SMILES string of the molecule is COC(=O)[C@@H]1[C@H]2C=CN(c3ccc(F)cc3)[C@]1(C)O[C@H](COC(C)=O)[C@H]2OC(C)=O. The maximum Gasteiger partial charge on any atom is 0.314 e. The van der Waals surface area contributed by atoms with E-state index < -0.39 is 53.5 Å². The summed E-state index contributed by atoms with van der Waals surface area (Å²) in [7, 11) is 1.26. The van der Waals surface area contributed by atoms with Gasteiger partial charge in [-0.15, -0.1) is 0 Å². The average Bonchev–Trinajstić information content (AvgIpc) is 2.68. The largest absolute Gasteiger partial charge is 0.469 e. The van der Waals surface area contributed by atoms with E-state index in [0.717, 1.165) is 0 Å². The molecule has 2 aliphatic heterocycles. The van der Waals surface area contributed by atoms with Crippen LogP contribution >= 0.6 is 0 Å². The van der Waals surface area contributed by atoms with E-state index in [1.807, 2.05) is 0 Å². The quantitative estimate of drug-likeness (QED) is 0.528. The summed E-state index contributed by atoms with van der Waals surface area (Å²) in [5.74, 6) is -3.48. The predicted molar refractivity (Wildman–Crippen MR) is 102 cm³/mol. The maximum absolute atomic E-state index is 13.4. The number of carbonyl (C=O) groups is 3. The van der Waals surface area contributed by atoms with Gasteiger partial charge in [0.05, 0.1) is 7.11 Å². The molecule has 0 spiro atoms. The lowest BCUT2D eigenvalue weighted by Crippen LogP contribution is -2.68. The van der Waals surface area contributed by atoms with E-state index in [-0.39, 0.29) is 6.61 Å².